The van der Waals surface area contributed by atoms with Crippen molar-refractivity contribution in [1.82, 2.24) is 5.32 Å². The van der Waals surface area contributed by atoms with Gasteiger partial charge in [-0.3, -0.25) is 4.79 Å². The van der Waals surface area contributed by atoms with Crippen LogP contribution in [0.2, 0.25) is 0 Å². The number of hydrogen-bond donors (Lipinski definition) is 6. The van der Waals surface area contributed by atoms with Gasteiger partial charge in [0.2, 0.25) is 0 Å². The molecule has 0 aromatic heterocycles. The van der Waals surface area contributed by atoms with Crippen LogP contribution >= 0.6 is 0 Å². The number of benzene rings is 3. The zero-order valence-corrected chi connectivity index (χ0v) is 43.3. The number of esters is 2. The third-order valence-corrected chi connectivity index (χ3v) is 13.1. The van der Waals surface area contributed by atoms with E-state index in [9.17, 15) is 44.7 Å². The molecule has 16 heteroatoms. The van der Waals surface area contributed by atoms with Gasteiger partial charge >= 0.3 is 18.0 Å². The summed E-state index contributed by atoms with van der Waals surface area (Å²) in [5.74, 6) is -4.57. The second-order valence-corrected chi connectivity index (χ2v) is 16.6. The van der Waals surface area contributed by atoms with E-state index in [2.05, 4.69) is 5.32 Å². The summed E-state index contributed by atoms with van der Waals surface area (Å²) in [6.45, 7) is 5.59. The van der Waals surface area contributed by atoms with Crippen LogP contribution in [-0.2, 0) is 35.1 Å². The van der Waals surface area contributed by atoms with Crippen LogP contribution in [0.5, 0.6) is 0 Å². The third kappa shape index (κ3) is 8.49. The molecule has 1 unspecified atom stereocenters. The molecule has 0 spiro atoms. The summed E-state index contributed by atoms with van der Waals surface area (Å²) >= 11 is 0. The van der Waals surface area contributed by atoms with Gasteiger partial charge in [-0.15, -0.1) is 0 Å². The molecule has 14 nitrogen and oxygen atoms in total. The van der Waals surface area contributed by atoms with Gasteiger partial charge < -0.3 is 49.8 Å². The summed E-state index contributed by atoms with van der Waals surface area (Å²) in [7, 11) is 0. The van der Waals surface area contributed by atoms with Gasteiger partial charge in [0.25, 0.3) is 0 Å². The molecule has 1 heterocycles. The number of ketones is 1. The van der Waals surface area contributed by atoms with Crippen molar-refractivity contribution in [1.29, 1.82) is 0 Å². The van der Waals surface area contributed by atoms with Crippen molar-refractivity contribution in [2.24, 2.45) is 16.7 Å². The van der Waals surface area contributed by atoms with Crippen molar-refractivity contribution in [2.75, 3.05) is 6.61 Å². The van der Waals surface area contributed by atoms with Gasteiger partial charge in [-0.1, -0.05) is 92.7 Å². The molecule has 3 aromatic carbocycles. The molecule has 7 rings (SSSR count). The number of rotatable bonds is 9. The predicted molar refractivity (Wildman–Crippen MR) is 204 cm³/mol. The molecule has 3 aliphatic carbocycles. The maximum atomic E-state index is 14.7. The summed E-state index contributed by atoms with van der Waals surface area (Å²) in [5, 5.41) is 63.4. The van der Waals surface area contributed by atoms with E-state index in [0.717, 1.165) is 0 Å². The van der Waals surface area contributed by atoms with Crippen LogP contribution in [0.3, 0.4) is 0 Å². The third-order valence-electron chi connectivity index (χ3n) is 13.1. The zero-order valence-electron chi connectivity index (χ0n) is 33.8. The first-order valence-corrected chi connectivity index (χ1v) is 19.3. The molecule has 1 aliphatic heterocycles. The molecule has 3 aromatic rings. The number of aliphatic hydroxyl groups excluding tert-OH is 3. The number of alkyl carbamates (subject to hydrolysis) is 1. The predicted octanol–water partition coefficient (Wildman–Crippen LogP) is 3.09. The fraction of sp³-hybridized carbons (Fsp3) is 0.455. The van der Waals surface area contributed by atoms with E-state index in [1.165, 1.54) is 26.0 Å². The molecule has 2 radical (unpaired) electrons. The van der Waals surface area contributed by atoms with Crippen molar-refractivity contribution in [3.05, 3.63) is 119 Å². The smallest absolute Gasteiger partial charge is 0.408 e. The molecule has 60 heavy (non-hydrogen) atoms. The summed E-state index contributed by atoms with van der Waals surface area (Å²) in [4.78, 5) is 55.8. The first kappa shape index (κ1) is 48.9. The second kappa shape index (κ2) is 19.0. The maximum Gasteiger partial charge on any atom is 0.408 e. The standard InChI is InChI=1S/C44H49NO13.2Ac/c1-24-28(57-39(51)34(48)32(26-16-10-6-11-17-26)45-40(52)55-22-25-14-8-5-9-15-25)21-44(54)37(58-38(50)27-18-12-7-13-19-27)35-42(4,29(46)20-30-43(35,53)23-56-30)36(49)33(47)31(24)41(44,2)3;;/h5-19,28-30,32-35,37,46-48,53-54H,20-23H2,1-4H3,(H,45,52);;/t28?,29-,30+,32-,33+,34+,35-,37-,42+,43-,44+;;/m0../s1. The monoisotopic (exact) mass is 1250 g/mol. The number of nitrogens with one attached hydrogen (secondary N) is 1. The van der Waals surface area contributed by atoms with E-state index in [1.54, 1.807) is 86.6 Å². The minimum absolute atomic E-state index is 0. The Hall–Kier alpha value is -2.08. The Balaban J connectivity index is 0.00000341. The Morgan fingerprint density at radius 3 is 2.05 bits per heavy atom. The molecular weight excluding hydrogens is 1200 g/mol. The van der Waals surface area contributed by atoms with Crippen LogP contribution in [0.25, 0.3) is 0 Å². The van der Waals surface area contributed by atoms with Crippen LogP contribution in [0.4, 0.5) is 4.79 Å². The van der Waals surface area contributed by atoms with Crippen molar-refractivity contribution in [3.63, 3.8) is 0 Å². The molecule has 3 fully saturated rings. The van der Waals surface area contributed by atoms with Crippen molar-refractivity contribution in [2.45, 2.75) is 101 Å². The average Bonchev–Trinajstić information content (AvgIpc) is 3.21. The second-order valence-electron chi connectivity index (χ2n) is 16.6. The van der Waals surface area contributed by atoms with E-state index in [0.29, 0.717) is 11.1 Å². The van der Waals surface area contributed by atoms with Gasteiger partial charge in [-0.25, -0.2) is 14.4 Å². The maximum absolute atomic E-state index is 14.7. The minimum Gasteiger partial charge on any atom is -0.456 e. The Kier molecular flexibility index (Phi) is 15.5. The van der Waals surface area contributed by atoms with E-state index in [-0.39, 0.29) is 124 Å². The zero-order chi connectivity index (χ0) is 41.8. The Bertz CT molecular complexity index is 2090. The average molecular weight is 1250 g/mol. The van der Waals surface area contributed by atoms with E-state index < -0.39 is 101 Å². The largest absolute Gasteiger partial charge is 0.456 e. The SMILES string of the molecule is CC1=C2[C@@H](O)C(=O)[C@@]3(C)[C@H]([C@H](OC(=O)c4ccccc4)[C@](O)(CC1OC(=O)[C@H](O)[C@@H](NC(=O)OCc1ccccc1)c1ccccc1)C2(C)C)[C@]1(O)CO[C@@H]1C[C@@H]3O.[Ac].[Ac]. The first-order valence-electron chi connectivity index (χ1n) is 19.3. The van der Waals surface area contributed by atoms with Gasteiger partial charge in [-0.05, 0) is 48.3 Å². The molecule has 1 amide bonds. The van der Waals surface area contributed by atoms with Crippen molar-refractivity contribution < 1.29 is 152 Å². The van der Waals surface area contributed by atoms with Gasteiger partial charge in [0.15, 0.2) is 11.9 Å². The molecule has 4 aliphatic rings. The summed E-state index contributed by atoms with van der Waals surface area (Å²) < 4.78 is 23.2. The van der Waals surface area contributed by atoms with Crippen LogP contribution in [0.1, 0.15) is 68.1 Å². The number of ether oxygens (including phenoxy) is 4. The Morgan fingerprint density at radius 1 is 0.883 bits per heavy atom. The van der Waals surface area contributed by atoms with Gasteiger partial charge in [0.05, 0.1) is 35.8 Å². The molecule has 2 bridgehead atoms. The normalized spacial score (nSPS) is 32.3. The Morgan fingerprint density at radius 2 is 1.47 bits per heavy atom. The number of carbonyl (C=O) groups is 4. The quantitative estimate of drug-likeness (QED) is 0.103. The van der Waals surface area contributed by atoms with Crippen LogP contribution in [0, 0.1) is 105 Å². The molecule has 6 N–H and O–H groups in total. The molecule has 314 valence electrons. The van der Waals surface area contributed by atoms with Gasteiger partial charge in [0.1, 0.15) is 36.1 Å². The van der Waals surface area contributed by atoms with Crippen molar-refractivity contribution >= 4 is 23.8 Å². The first-order chi connectivity index (χ1) is 27.4. The van der Waals surface area contributed by atoms with E-state index >= 15 is 0 Å². The molecule has 1 saturated heterocycles. The molecule has 2 saturated carbocycles. The number of Topliss-reactive ketones (excluding diaryl/α,β-unsaturated/α-hetero) is 1. The topological polar surface area (TPSA) is 218 Å². The van der Waals surface area contributed by atoms with Crippen LogP contribution in [0.15, 0.2) is 102 Å². The molecular formula is C44H49Ac2NO13. The van der Waals surface area contributed by atoms with Crippen molar-refractivity contribution in [3.8, 4) is 0 Å². The number of hydrogen-bond acceptors (Lipinski definition) is 13. The number of aliphatic hydroxyl groups is 5. The Labute approximate surface area is 419 Å². The fourth-order valence-electron chi connectivity index (χ4n) is 9.62. The fourth-order valence-corrected chi connectivity index (χ4v) is 9.62. The number of amides is 1. The number of fused-ring (bicyclic) bond motifs is 5. The summed E-state index contributed by atoms with van der Waals surface area (Å²) in [6.07, 6.45) is -11.3. The number of carbonyl (C=O) groups excluding carboxylic acids is 4. The van der Waals surface area contributed by atoms with Gasteiger partial charge in [0, 0.05) is 112 Å². The summed E-state index contributed by atoms with van der Waals surface area (Å²) in [6, 6.07) is 23.6. The van der Waals surface area contributed by atoms with Gasteiger partial charge in [-0.2, -0.15) is 0 Å². The van der Waals surface area contributed by atoms with Crippen LogP contribution < -0.4 is 5.32 Å². The van der Waals surface area contributed by atoms with E-state index in [4.69, 9.17) is 18.9 Å². The summed E-state index contributed by atoms with van der Waals surface area (Å²) in [5.41, 5.74) is -6.55. The minimum atomic E-state index is -2.32. The molecule has 11 atom stereocenters. The van der Waals surface area contributed by atoms with E-state index in [1.807, 2.05) is 6.07 Å². The van der Waals surface area contributed by atoms with Crippen LogP contribution in [-0.4, -0.2) is 104 Å².